The van der Waals surface area contributed by atoms with Gasteiger partial charge < -0.3 is 0 Å². The van der Waals surface area contributed by atoms with Crippen LogP contribution in [0.1, 0.15) is 18.9 Å². The maximum atomic E-state index is 11.7. The highest BCUT2D eigenvalue weighted by molar-refractivity contribution is 9.10. The van der Waals surface area contributed by atoms with Gasteiger partial charge in [-0.2, -0.15) is 0 Å². The minimum Gasteiger partial charge on any atom is -0.289 e. The van der Waals surface area contributed by atoms with Crippen molar-refractivity contribution in [2.24, 2.45) is 0 Å². The van der Waals surface area contributed by atoms with Crippen molar-refractivity contribution in [2.75, 3.05) is 6.26 Å². The molecule has 5 nitrogen and oxygen atoms in total. The molecule has 1 rings (SSSR count). The third-order valence-corrected chi connectivity index (χ3v) is 5.76. The quantitative estimate of drug-likeness (QED) is 0.625. The van der Waals surface area contributed by atoms with Crippen LogP contribution >= 0.6 is 15.9 Å². The topological polar surface area (TPSA) is 83.5 Å². The van der Waals surface area contributed by atoms with Gasteiger partial charge in [0.15, 0.2) is 9.84 Å². The molecule has 1 aromatic rings. The van der Waals surface area contributed by atoms with E-state index >= 15 is 0 Å². The van der Waals surface area contributed by atoms with Crippen molar-refractivity contribution in [3.63, 3.8) is 0 Å². The van der Waals surface area contributed by atoms with Gasteiger partial charge in [0.05, 0.1) is 0 Å². The van der Waals surface area contributed by atoms with Crippen LogP contribution in [0.5, 0.6) is 0 Å². The highest BCUT2D eigenvalue weighted by atomic mass is 79.9. The zero-order valence-electron chi connectivity index (χ0n) is 10.7. The Bertz CT molecular complexity index is 556. The molecule has 0 saturated heterocycles. The molecule has 7 heteroatoms. The Morgan fingerprint density at radius 2 is 1.89 bits per heavy atom. The Balaban J connectivity index is 2.92. The average Bonchev–Trinajstić information content (AvgIpc) is 2.35. The molecule has 0 bridgehead atoms. The van der Waals surface area contributed by atoms with Gasteiger partial charge in [0.2, 0.25) is 0 Å². The molecule has 1 unspecified atom stereocenters. The summed E-state index contributed by atoms with van der Waals surface area (Å²) in [7, 11) is -3.64. The van der Waals surface area contributed by atoms with Gasteiger partial charge in [0.25, 0.3) is 5.91 Å². The van der Waals surface area contributed by atoms with E-state index in [9.17, 15) is 13.2 Å². The van der Waals surface area contributed by atoms with Crippen LogP contribution in [-0.4, -0.2) is 30.5 Å². The fourth-order valence-corrected chi connectivity index (χ4v) is 2.74. The normalized spacial score (nSPS) is 14.7. The molecule has 0 saturated carbocycles. The van der Waals surface area contributed by atoms with Gasteiger partial charge in [-0.3, -0.25) is 10.0 Å². The monoisotopic (exact) mass is 349 g/mol. The minimum absolute atomic E-state index is 0.0971. The predicted octanol–water partition coefficient (Wildman–Crippen LogP) is 1.69. The van der Waals surface area contributed by atoms with Crippen LogP contribution in [0.3, 0.4) is 0 Å². The Kier molecular flexibility index (Phi) is 5.11. The third-order valence-electron chi connectivity index (χ3n) is 3.20. The maximum Gasteiger partial charge on any atom is 0.264 e. The van der Waals surface area contributed by atoms with E-state index in [0.29, 0.717) is 6.42 Å². The second-order valence-corrected chi connectivity index (χ2v) is 7.93. The van der Waals surface area contributed by atoms with Crippen molar-refractivity contribution < 1.29 is 18.4 Å². The van der Waals surface area contributed by atoms with Crippen molar-refractivity contribution in [1.82, 2.24) is 5.48 Å². The Hall–Kier alpha value is -0.920. The summed E-state index contributed by atoms with van der Waals surface area (Å²) in [4.78, 5) is 11.6. The van der Waals surface area contributed by atoms with Crippen LogP contribution < -0.4 is 5.48 Å². The second-order valence-electron chi connectivity index (χ2n) is 4.57. The summed E-state index contributed by atoms with van der Waals surface area (Å²) in [5.41, 5.74) is 2.35. The van der Waals surface area contributed by atoms with Gasteiger partial charge in [-0.1, -0.05) is 28.1 Å². The van der Waals surface area contributed by atoms with E-state index in [1.807, 2.05) is 24.3 Å². The van der Waals surface area contributed by atoms with Crippen molar-refractivity contribution in [3.05, 3.63) is 34.3 Å². The van der Waals surface area contributed by atoms with E-state index in [1.165, 1.54) is 12.4 Å². The first-order valence-corrected chi connectivity index (χ1v) is 8.28. The number of carbonyl (C=O) groups excluding carboxylic acids is 1. The maximum absolute atomic E-state index is 11.7. The number of benzene rings is 1. The number of amides is 1. The predicted molar refractivity (Wildman–Crippen MR) is 75.6 cm³/mol. The third kappa shape index (κ3) is 3.77. The number of hydrogen-bond acceptors (Lipinski definition) is 4. The number of sulfone groups is 1. The van der Waals surface area contributed by atoms with Gasteiger partial charge in [-0.05, 0) is 37.5 Å². The molecule has 1 atom stereocenters. The van der Waals surface area contributed by atoms with E-state index in [2.05, 4.69) is 15.9 Å². The van der Waals surface area contributed by atoms with Crippen molar-refractivity contribution in [2.45, 2.75) is 24.5 Å². The first kappa shape index (κ1) is 16.1. The number of aryl methyl sites for hydroxylation is 1. The van der Waals surface area contributed by atoms with E-state index in [0.717, 1.165) is 16.3 Å². The lowest BCUT2D eigenvalue weighted by atomic mass is 10.00. The molecular formula is C12H16BrNO4S. The molecule has 1 aromatic carbocycles. The molecule has 2 N–H and O–H groups in total. The summed E-state index contributed by atoms with van der Waals surface area (Å²) >= 11 is 3.31. The average molecular weight is 350 g/mol. The smallest absolute Gasteiger partial charge is 0.264 e. The first-order chi connectivity index (χ1) is 8.70. The number of rotatable bonds is 5. The minimum atomic E-state index is -3.64. The molecule has 0 radical (unpaired) electrons. The molecule has 0 aliphatic heterocycles. The number of halogens is 1. The van der Waals surface area contributed by atoms with E-state index in [-0.39, 0.29) is 6.42 Å². The van der Waals surface area contributed by atoms with Gasteiger partial charge in [-0.15, -0.1) is 0 Å². The Labute approximate surface area is 121 Å². The number of nitrogens with one attached hydrogen (secondary N) is 1. The largest absolute Gasteiger partial charge is 0.289 e. The lowest BCUT2D eigenvalue weighted by molar-refractivity contribution is -0.131. The fourth-order valence-electron chi connectivity index (χ4n) is 1.62. The van der Waals surface area contributed by atoms with Crippen molar-refractivity contribution >= 4 is 31.7 Å². The van der Waals surface area contributed by atoms with Crippen LogP contribution in [0.15, 0.2) is 28.7 Å². The molecule has 106 valence electrons. The summed E-state index contributed by atoms with van der Waals surface area (Å²) in [6.07, 6.45) is 1.51. The van der Waals surface area contributed by atoms with Gasteiger partial charge in [0.1, 0.15) is 4.75 Å². The van der Waals surface area contributed by atoms with Crippen LogP contribution in [-0.2, 0) is 21.1 Å². The lowest BCUT2D eigenvalue weighted by Crippen LogP contribution is -2.49. The van der Waals surface area contributed by atoms with Gasteiger partial charge in [0, 0.05) is 10.7 Å². The van der Waals surface area contributed by atoms with Crippen LogP contribution in [0.25, 0.3) is 0 Å². The highest BCUT2D eigenvalue weighted by Gasteiger charge is 2.42. The Morgan fingerprint density at radius 1 is 1.37 bits per heavy atom. The number of carbonyl (C=O) groups is 1. The molecule has 0 heterocycles. The zero-order valence-corrected chi connectivity index (χ0v) is 13.1. The number of hydroxylamine groups is 1. The van der Waals surface area contributed by atoms with Crippen LogP contribution in [0, 0.1) is 0 Å². The standard InChI is InChI=1S/C12H16BrNO4S/c1-12(11(15)14-16,19(2,17)18)8-7-9-3-5-10(13)6-4-9/h3-6,16H,7-8H2,1-2H3,(H,14,15). The zero-order chi connectivity index (χ0) is 14.7. The van der Waals surface area contributed by atoms with E-state index in [4.69, 9.17) is 5.21 Å². The molecule has 1 amide bonds. The lowest BCUT2D eigenvalue weighted by Gasteiger charge is -2.25. The van der Waals surface area contributed by atoms with E-state index < -0.39 is 20.5 Å². The van der Waals surface area contributed by atoms with Crippen molar-refractivity contribution in [1.29, 1.82) is 0 Å². The van der Waals surface area contributed by atoms with E-state index in [1.54, 1.807) is 0 Å². The molecule has 0 spiro atoms. The molecular weight excluding hydrogens is 334 g/mol. The summed E-state index contributed by atoms with van der Waals surface area (Å²) in [5.74, 6) is -0.910. The van der Waals surface area contributed by atoms with Crippen LogP contribution in [0.4, 0.5) is 0 Å². The second kappa shape index (κ2) is 6.02. The molecule has 0 fully saturated rings. The van der Waals surface area contributed by atoms with Crippen molar-refractivity contribution in [3.8, 4) is 0 Å². The Morgan fingerprint density at radius 3 is 2.32 bits per heavy atom. The first-order valence-electron chi connectivity index (χ1n) is 5.59. The SMILES string of the molecule is CC(CCc1ccc(Br)cc1)(C(=O)NO)S(C)(=O)=O. The molecule has 19 heavy (non-hydrogen) atoms. The van der Waals surface area contributed by atoms with Crippen LogP contribution in [0.2, 0.25) is 0 Å². The molecule has 0 aliphatic rings. The fraction of sp³-hybridized carbons (Fsp3) is 0.417. The molecule has 0 aliphatic carbocycles. The summed E-state index contributed by atoms with van der Waals surface area (Å²) < 4.78 is 22.8. The number of hydrogen-bond donors (Lipinski definition) is 2. The van der Waals surface area contributed by atoms with Gasteiger partial charge in [-0.25, -0.2) is 13.9 Å². The molecule has 0 aromatic heterocycles. The summed E-state index contributed by atoms with van der Waals surface area (Å²) in [6.45, 7) is 1.31. The highest BCUT2D eigenvalue weighted by Crippen LogP contribution is 2.24. The summed E-state index contributed by atoms with van der Waals surface area (Å²) in [6, 6.07) is 7.39. The van der Waals surface area contributed by atoms with Gasteiger partial charge >= 0.3 is 0 Å². The summed E-state index contributed by atoms with van der Waals surface area (Å²) in [5, 5.41) is 8.70.